The molecule has 4 saturated heterocycles. The van der Waals surface area contributed by atoms with Gasteiger partial charge in [-0.05, 0) is 91.0 Å². The second kappa shape index (κ2) is 10.7. The Morgan fingerprint density at radius 1 is 0.975 bits per heavy atom. The first kappa shape index (κ1) is 29.0. The maximum absolute atomic E-state index is 14.4. The zero-order chi connectivity index (χ0) is 28.9. The first-order valence-electron chi connectivity index (χ1n) is 14.8. The largest absolute Gasteiger partial charge is 0.444 e. The number of piperidine rings is 2. The molecule has 10 heteroatoms. The number of nitrogens with zero attached hydrogens (tertiary/aromatic N) is 4. The van der Waals surface area contributed by atoms with Crippen LogP contribution >= 0.6 is 0 Å². The summed E-state index contributed by atoms with van der Waals surface area (Å²) in [5, 5.41) is 0. The van der Waals surface area contributed by atoms with Crippen molar-refractivity contribution >= 4 is 23.4 Å². The SMILES string of the molecule is CC1CCCCN1C1CCN(c2ccc(N3CCC4(CCN(C(=O)OC(C)(C)C)CC4)C3=O)c(C(F)(F)F)c2)C1. The summed E-state index contributed by atoms with van der Waals surface area (Å²) < 4.78 is 48.7. The molecular weight excluding hydrogens is 521 g/mol. The molecule has 4 aliphatic heterocycles. The maximum atomic E-state index is 14.4. The fourth-order valence-electron chi connectivity index (χ4n) is 7.05. The van der Waals surface area contributed by atoms with Crippen LogP contribution in [0.1, 0.15) is 78.2 Å². The van der Waals surface area contributed by atoms with Crippen molar-refractivity contribution in [1.29, 1.82) is 0 Å². The maximum Gasteiger partial charge on any atom is 0.418 e. The van der Waals surface area contributed by atoms with E-state index in [1.165, 1.54) is 36.3 Å². The number of amides is 2. The Kier molecular flexibility index (Phi) is 7.78. The molecule has 0 saturated carbocycles. The molecular formula is C30H43F3N4O3. The second-order valence-corrected chi connectivity index (χ2v) is 13.1. The molecule has 40 heavy (non-hydrogen) atoms. The van der Waals surface area contributed by atoms with Gasteiger partial charge in [0.15, 0.2) is 0 Å². The van der Waals surface area contributed by atoms with Crippen molar-refractivity contribution in [3.63, 3.8) is 0 Å². The summed E-state index contributed by atoms with van der Waals surface area (Å²) >= 11 is 0. The van der Waals surface area contributed by atoms with Gasteiger partial charge in [0, 0.05) is 50.5 Å². The van der Waals surface area contributed by atoms with Gasteiger partial charge in [-0.15, -0.1) is 0 Å². The highest BCUT2D eigenvalue weighted by molar-refractivity contribution is 6.01. The Morgan fingerprint density at radius 2 is 1.68 bits per heavy atom. The normalized spacial score (nSPS) is 26.2. The average molecular weight is 565 g/mol. The first-order chi connectivity index (χ1) is 18.8. The lowest BCUT2D eigenvalue weighted by Gasteiger charge is -2.38. The van der Waals surface area contributed by atoms with Gasteiger partial charge in [-0.25, -0.2) is 4.79 Å². The highest BCUT2D eigenvalue weighted by atomic mass is 19.4. The molecule has 0 N–H and O–H groups in total. The van der Waals surface area contributed by atoms with E-state index in [0.717, 1.165) is 26.1 Å². The van der Waals surface area contributed by atoms with Gasteiger partial charge in [-0.3, -0.25) is 9.69 Å². The molecule has 0 aromatic heterocycles. The van der Waals surface area contributed by atoms with Gasteiger partial charge in [-0.1, -0.05) is 6.42 Å². The van der Waals surface area contributed by atoms with Crippen molar-refractivity contribution in [2.24, 2.45) is 5.41 Å². The smallest absolute Gasteiger partial charge is 0.418 e. The van der Waals surface area contributed by atoms with Crippen molar-refractivity contribution in [2.45, 2.75) is 96.5 Å². The monoisotopic (exact) mass is 564 g/mol. The number of ether oxygens (including phenoxy) is 1. The number of hydrogen-bond acceptors (Lipinski definition) is 5. The van der Waals surface area contributed by atoms with E-state index in [4.69, 9.17) is 4.74 Å². The number of alkyl halides is 3. The zero-order valence-electron chi connectivity index (χ0n) is 24.2. The Morgan fingerprint density at radius 3 is 2.33 bits per heavy atom. The van der Waals surface area contributed by atoms with Crippen LogP contribution < -0.4 is 9.80 Å². The third-order valence-electron chi connectivity index (χ3n) is 9.31. The predicted molar refractivity (Wildman–Crippen MR) is 149 cm³/mol. The third kappa shape index (κ3) is 5.78. The van der Waals surface area contributed by atoms with E-state index in [1.54, 1.807) is 31.7 Å². The Balaban J connectivity index is 1.30. The Labute approximate surface area is 235 Å². The number of likely N-dealkylation sites (tertiary alicyclic amines) is 2. The number of rotatable bonds is 3. The quantitative estimate of drug-likeness (QED) is 0.457. The van der Waals surface area contributed by atoms with Crippen LogP contribution in [0.25, 0.3) is 0 Å². The molecule has 0 radical (unpaired) electrons. The standard InChI is InChI=1S/C30H43F3N4O3/c1-21-7-5-6-14-36(21)23-10-15-35(20-23)22-8-9-25(24(19-22)30(31,32)33)37-18-13-29(26(37)38)11-16-34(17-12-29)27(39)40-28(2,3)4/h8-9,19,21,23H,5-7,10-18,20H2,1-4H3. The molecule has 0 aliphatic carbocycles. The van der Waals surface area contributed by atoms with Gasteiger partial charge in [0.25, 0.3) is 0 Å². The molecule has 4 aliphatic rings. The predicted octanol–water partition coefficient (Wildman–Crippen LogP) is 5.91. The van der Waals surface area contributed by atoms with E-state index in [0.29, 0.717) is 50.1 Å². The van der Waals surface area contributed by atoms with Crippen molar-refractivity contribution in [2.75, 3.05) is 49.1 Å². The molecule has 0 bridgehead atoms. The lowest BCUT2D eigenvalue weighted by molar-refractivity contribution is -0.137. The molecule has 222 valence electrons. The van der Waals surface area contributed by atoms with Crippen molar-refractivity contribution in [3.05, 3.63) is 23.8 Å². The number of hydrogen-bond donors (Lipinski definition) is 0. The van der Waals surface area contributed by atoms with Gasteiger partial charge < -0.3 is 19.4 Å². The summed E-state index contributed by atoms with van der Waals surface area (Å²) in [5.41, 5.74) is -1.61. The summed E-state index contributed by atoms with van der Waals surface area (Å²) in [7, 11) is 0. The number of carbonyl (C=O) groups excluding carboxylic acids is 2. The summed E-state index contributed by atoms with van der Waals surface area (Å²) in [6.07, 6.45) is 0.863. The highest BCUT2D eigenvalue weighted by Crippen LogP contribution is 2.47. The number of benzene rings is 1. The van der Waals surface area contributed by atoms with Gasteiger partial charge in [0.2, 0.25) is 5.91 Å². The van der Waals surface area contributed by atoms with Crippen molar-refractivity contribution in [1.82, 2.24) is 9.80 Å². The van der Waals surface area contributed by atoms with Gasteiger partial charge in [-0.2, -0.15) is 13.2 Å². The van der Waals surface area contributed by atoms with E-state index in [9.17, 15) is 22.8 Å². The molecule has 2 amide bonds. The average Bonchev–Trinajstić information content (AvgIpc) is 3.49. The van der Waals surface area contributed by atoms with Crippen molar-refractivity contribution < 1.29 is 27.5 Å². The fraction of sp³-hybridized carbons (Fsp3) is 0.733. The first-order valence-corrected chi connectivity index (χ1v) is 14.8. The lowest BCUT2D eigenvalue weighted by atomic mass is 9.77. The van der Waals surface area contributed by atoms with Crippen LogP contribution in [0.2, 0.25) is 0 Å². The fourth-order valence-corrected chi connectivity index (χ4v) is 7.05. The second-order valence-electron chi connectivity index (χ2n) is 13.1. The van der Waals surface area contributed by atoms with Crippen LogP contribution in [0.3, 0.4) is 0 Å². The Hall–Kier alpha value is -2.49. The van der Waals surface area contributed by atoms with Crippen LogP contribution in [0.4, 0.5) is 29.3 Å². The molecule has 1 aromatic rings. The van der Waals surface area contributed by atoms with Crippen molar-refractivity contribution in [3.8, 4) is 0 Å². The molecule has 2 atom stereocenters. The molecule has 4 fully saturated rings. The minimum atomic E-state index is -4.58. The zero-order valence-corrected chi connectivity index (χ0v) is 24.2. The number of carbonyl (C=O) groups is 2. The van der Waals surface area contributed by atoms with Gasteiger partial charge >= 0.3 is 12.3 Å². The van der Waals surface area contributed by atoms with E-state index in [1.807, 2.05) is 0 Å². The lowest BCUT2D eigenvalue weighted by Crippen LogP contribution is -2.48. The van der Waals surface area contributed by atoms with E-state index >= 15 is 0 Å². The van der Waals surface area contributed by atoms with Crippen LogP contribution in [-0.4, -0.2) is 78.8 Å². The van der Waals surface area contributed by atoms with E-state index in [-0.39, 0.29) is 18.1 Å². The van der Waals surface area contributed by atoms with Crippen LogP contribution in [-0.2, 0) is 15.7 Å². The van der Waals surface area contributed by atoms with Gasteiger partial charge in [0.05, 0.1) is 16.7 Å². The topological polar surface area (TPSA) is 56.3 Å². The summed E-state index contributed by atoms with van der Waals surface area (Å²) in [6.45, 7) is 11.1. The molecule has 4 heterocycles. The third-order valence-corrected chi connectivity index (χ3v) is 9.31. The Bertz CT molecular complexity index is 1110. The van der Waals surface area contributed by atoms with E-state index in [2.05, 4.69) is 16.7 Å². The van der Waals surface area contributed by atoms with Crippen LogP contribution in [0, 0.1) is 5.41 Å². The highest BCUT2D eigenvalue weighted by Gasteiger charge is 2.51. The van der Waals surface area contributed by atoms with Crippen LogP contribution in [0.15, 0.2) is 18.2 Å². The molecule has 7 nitrogen and oxygen atoms in total. The van der Waals surface area contributed by atoms with Gasteiger partial charge in [0.1, 0.15) is 5.60 Å². The van der Waals surface area contributed by atoms with E-state index < -0.39 is 28.8 Å². The van der Waals surface area contributed by atoms with Crippen LogP contribution in [0.5, 0.6) is 0 Å². The minimum absolute atomic E-state index is 0.0619. The molecule has 1 spiro atoms. The summed E-state index contributed by atoms with van der Waals surface area (Å²) in [6, 6.07) is 5.34. The molecule has 1 aromatic carbocycles. The number of anilines is 2. The summed E-state index contributed by atoms with van der Waals surface area (Å²) in [5.74, 6) is -0.269. The minimum Gasteiger partial charge on any atom is -0.444 e. The number of halogens is 3. The summed E-state index contributed by atoms with van der Waals surface area (Å²) in [4.78, 5) is 33.7. The molecule has 2 unspecified atom stereocenters. The molecule has 5 rings (SSSR count).